The number of hydrogen-bond acceptors (Lipinski definition) is 2. The summed E-state index contributed by atoms with van der Waals surface area (Å²) in [6.45, 7) is 4.14. The summed E-state index contributed by atoms with van der Waals surface area (Å²) in [4.78, 5) is 14.6. The minimum atomic E-state index is 0.0273. The summed E-state index contributed by atoms with van der Waals surface area (Å²) < 4.78 is 0. The highest BCUT2D eigenvalue weighted by Crippen LogP contribution is 2.48. The van der Waals surface area contributed by atoms with Crippen LogP contribution in [0.25, 0.3) is 0 Å². The summed E-state index contributed by atoms with van der Waals surface area (Å²) in [6.07, 6.45) is 3.54. The lowest BCUT2D eigenvalue weighted by Crippen LogP contribution is -2.46. The lowest BCUT2D eigenvalue weighted by molar-refractivity contribution is -0.124. The maximum Gasteiger partial charge on any atom is 0.231 e. The monoisotopic (exact) mass is 272 g/mol. The second kappa shape index (κ2) is 4.88. The van der Waals surface area contributed by atoms with Crippen molar-refractivity contribution in [3.8, 4) is 0 Å². The van der Waals surface area contributed by atoms with Gasteiger partial charge in [-0.15, -0.1) is 0 Å². The van der Waals surface area contributed by atoms with Crippen LogP contribution in [0.2, 0.25) is 0 Å². The highest BCUT2D eigenvalue weighted by molar-refractivity contribution is 5.96. The third kappa shape index (κ3) is 2.05. The molecule has 0 aromatic heterocycles. The second-order valence-corrected chi connectivity index (χ2v) is 6.62. The number of amides is 1. The van der Waals surface area contributed by atoms with Crippen LogP contribution in [-0.2, 0) is 4.79 Å². The standard InChI is InChI=1S/C17H24N2O/c1-10-4-7-14(11(2)8-10)19(3)17(20)15-12-5-6-13(9-12)16(15)18/h4,7-8,12-13,15-16H,5-6,9,18H2,1-3H3. The Balaban J connectivity index is 1.83. The molecule has 20 heavy (non-hydrogen) atoms. The van der Waals surface area contributed by atoms with Gasteiger partial charge in [0.2, 0.25) is 5.91 Å². The van der Waals surface area contributed by atoms with E-state index in [9.17, 15) is 4.79 Å². The van der Waals surface area contributed by atoms with E-state index in [-0.39, 0.29) is 17.9 Å². The van der Waals surface area contributed by atoms with E-state index in [1.54, 1.807) is 0 Å². The molecule has 4 unspecified atom stereocenters. The number of carbonyl (C=O) groups is 1. The molecule has 1 amide bonds. The molecule has 0 aliphatic heterocycles. The number of anilines is 1. The van der Waals surface area contributed by atoms with Gasteiger partial charge < -0.3 is 10.6 Å². The molecule has 0 radical (unpaired) electrons. The Bertz CT molecular complexity index is 538. The molecule has 3 nitrogen and oxygen atoms in total. The largest absolute Gasteiger partial charge is 0.327 e. The predicted octanol–water partition coefficient (Wildman–Crippen LogP) is 2.64. The van der Waals surface area contributed by atoms with E-state index < -0.39 is 0 Å². The van der Waals surface area contributed by atoms with Crippen molar-refractivity contribution in [3.63, 3.8) is 0 Å². The van der Waals surface area contributed by atoms with Crippen molar-refractivity contribution in [2.75, 3.05) is 11.9 Å². The zero-order valence-corrected chi connectivity index (χ0v) is 12.6. The second-order valence-electron chi connectivity index (χ2n) is 6.62. The summed E-state index contributed by atoms with van der Waals surface area (Å²) >= 11 is 0. The molecule has 2 aliphatic carbocycles. The van der Waals surface area contributed by atoms with Crippen molar-refractivity contribution in [1.82, 2.24) is 0 Å². The maximum atomic E-state index is 12.8. The fraction of sp³-hybridized carbons (Fsp3) is 0.588. The molecule has 3 heteroatoms. The molecule has 2 fully saturated rings. The van der Waals surface area contributed by atoms with E-state index in [2.05, 4.69) is 26.0 Å². The zero-order chi connectivity index (χ0) is 14.4. The van der Waals surface area contributed by atoms with Crippen molar-refractivity contribution < 1.29 is 4.79 Å². The van der Waals surface area contributed by atoms with Crippen LogP contribution in [0.4, 0.5) is 5.69 Å². The Kier molecular flexibility index (Phi) is 3.33. The van der Waals surface area contributed by atoms with E-state index in [0.717, 1.165) is 17.7 Å². The van der Waals surface area contributed by atoms with Crippen molar-refractivity contribution in [1.29, 1.82) is 0 Å². The highest BCUT2D eigenvalue weighted by Gasteiger charge is 2.49. The zero-order valence-electron chi connectivity index (χ0n) is 12.6. The van der Waals surface area contributed by atoms with Crippen molar-refractivity contribution in [3.05, 3.63) is 29.3 Å². The molecule has 2 N–H and O–H groups in total. The summed E-state index contributed by atoms with van der Waals surface area (Å²) in [5, 5.41) is 0. The number of benzene rings is 1. The third-order valence-electron chi connectivity index (χ3n) is 5.31. The molecule has 2 aliphatic rings. The normalized spacial score (nSPS) is 31.6. The van der Waals surface area contributed by atoms with Crippen molar-refractivity contribution in [2.24, 2.45) is 23.5 Å². The average molecular weight is 272 g/mol. The van der Waals surface area contributed by atoms with Crippen LogP contribution < -0.4 is 10.6 Å². The summed E-state index contributed by atoms with van der Waals surface area (Å²) in [6, 6.07) is 6.29. The van der Waals surface area contributed by atoms with Crippen molar-refractivity contribution in [2.45, 2.75) is 39.2 Å². The Morgan fingerprint density at radius 2 is 1.95 bits per heavy atom. The summed E-state index contributed by atoms with van der Waals surface area (Å²) in [5.74, 6) is 1.31. The van der Waals surface area contributed by atoms with Crippen LogP contribution >= 0.6 is 0 Å². The number of hydrogen-bond donors (Lipinski definition) is 1. The topological polar surface area (TPSA) is 46.3 Å². The summed E-state index contributed by atoms with van der Waals surface area (Å²) in [7, 11) is 1.89. The molecule has 0 heterocycles. The molecule has 1 aromatic rings. The van der Waals surface area contributed by atoms with Crippen LogP contribution in [-0.4, -0.2) is 19.0 Å². The van der Waals surface area contributed by atoms with Gasteiger partial charge in [0, 0.05) is 18.8 Å². The quantitative estimate of drug-likeness (QED) is 0.899. The van der Waals surface area contributed by atoms with Crippen LogP contribution in [0.3, 0.4) is 0 Å². The maximum absolute atomic E-state index is 12.8. The van der Waals surface area contributed by atoms with E-state index in [4.69, 9.17) is 5.73 Å². The van der Waals surface area contributed by atoms with Gasteiger partial charge in [0.15, 0.2) is 0 Å². The van der Waals surface area contributed by atoms with Gasteiger partial charge >= 0.3 is 0 Å². The smallest absolute Gasteiger partial charge is 0.231 e. The first-order valence-corrected chi connectivity index (χ1v) is 7.59. The molecule has 1 aromatic carbocycles. The van der Waals surface area contributed by atoms with Gasteiger partial charge in [-0.2, -0.15) is 0 Å². The third-order valence-corrected chi connectivity index (χ3v) is 5.31. The number of nitrogens with zero attached hydrogens (tertiary/aromatic N) is 1. The first-order valence-electron chi connectivity index (χ1n) is 7.59. The Morgan fingerprint density at radius 1 is 1.25 bits per heavy atom. The number of fused-ring (bicyclic) bond motifs is 2. The van der Waals surface area contributed by atoms with E-state index in [1.807, 2.05) is 18.0 Å². The average Bonchev–Trinajstić information content (AvgIpc) is 2.98. The van der Waals surface area contributed by atoms with Crippen LogP contribution in [0.15, 0.2) is 18.2 Å². The SMILES string of the molecule is Cc1ccc(N(C)C(=O)C2C3CCC(C3)C2N)c(C)c1. The summed E-state index contributed by atoms with van der Waals surface area (Å²) in [5.41, 5.74) is 9.68. The lowest BCUT2D eigenvalue weighted by Gasteiger charge is -2.31. The first kappa shape index (κ1) is 13.6. The van der Waals surface area contributed by atoms with Crippen LogP contribution in [0.1, 0.15) is 30.4 Å². The number of aryl methyl sites for hydroxylation is 2. The predicted molar refractivity (Wildman–Crippen MR) is 81.6 cm³/mol. The lowest BCUT2D eigenvalue weighted by atomic mass is 9.84. The highest BCUT2D eigenvalue weighted by atomic mass is 16.2. The van der Waals surface area contributed by atoms with Gasteiger partial charge in [0.1, 0.15) is 0 Å². The molecule has 0 saturated heterocycles. The molecular weight excluding hydrogens is 248 g/mol. The van der Waals surface area contributed by atoms with Gasteiger partial charge in [-0.3, -0.25) is 4.79 Å². The molecule has 4 atom stereocenters. The molecule has 2 bridgehead atoms. The van der Waals surface area contributed by atoms with Gasteiger partial charge in [-0.1, -0.05) is 17.7 Å². The van der Waals surface area contributed by atoms with Gasteiger partial charge in [-0.25, -0.2) is 0 Å². The van der Waals surface area contributed by atoms with E-state index in [1.165, 1.54) is 18.4 Å². The fourth-order valence-electron chi connectivity index (χ4n) is 4.23. The van der Waals surface area contributed by atoms with Gasteiger partial charge in [-0.05, 0) is 56.6 Å². The number of nitrogens with two attached hydrogens (primary N) is 1. The molecule has 0 spiro atoms. The van der Waals surface area contributed by atoms with Gasteiger partial charge in [0.05, 0.1) is 5.92 Å². The van der Waals surface area contributed by atoms with Crippen molar-refractivity contribution >= 4 is 11.6 Å². The minimum absolute atomic E-state index is 0.0273. The Morgan fingerprint density at radius 3 is 2.55 bits per heavy atom. The van der Waals surface area contributed by atoms with Crippen LogP contribution in [0, 0.1) is 31.6 Å². The minimum Gasteiger partial charge on any atom is -0.327 e. The Hall–Kier alpha value is -1.35. The van der Waals surface area contributed by atoms with E-state index in [0.29, 0.717) is 11.8 Å². The Labute approximate surface area is 121 Å². The fourth-order valence-corrected chi connectivity index (χ4v) is 4.23. The molecular formula is C17H24N2O. The molecule has 2 saturated carbocycles. The molecule has 108 valence electrons. The van der Waals surface area contributed by atoms with E-state index >= 15 is 0 Å². The molecule has 3 rings (SSSR count). The first-order chi connectivity index (χ1) is 9.49. The van der Waals surface area contributed by atoms with Gasteiger partial charge in [0.25, 0.3) is 0 Å². The number of carbonyl (C=O) groups excluding carboxylic acids is 1. The number of rotatable bonds is 2. The van der Waals surface area contributed by atoms with Crippen LogP contribution in [0.5, 0.6) is 0 Å².